The number of likely N-dealkylation sites (tertiary alicyclic amines) is 2. The van der Waals surface area contributed by atoms with Crippen LogP contribution in [0.15, 0.2) is 41.8 Å². The molecule has 3 heterocycles. The lowest BCUT2D eigenvalue weighted by atomic mass is 9.85. The van der Waals surface area contributed by atoms with E-state index in [1.54, 1.807) is 7.11 Å². The second-order valence-corrected chi connectivity index (χ2v) is 8.01. The third-order valence-electron chi connectivity index (χ3n) is 5.48. The van der Waals surface area contributed by atoms with Crippen molar-refractivity contribution in [3.05, 3.63) is 52.2 Å². The Morgan fingerprint density at radius 1 is 1.23 bits per heavy atom. The van der Waals surface area contributed by atoms with Crippen molar-refractivity contribution in [2.45, 2.75) is 19.4 Å². The zero-order chi connectivity index (χ0) is 18.1. The van der Waals surface area contributed by atoms with Gasteiger partial charge in [0.05, 0.1) is 17.4 Å². The van der Waals surface area contributed by atoms with E-state index in [1.807, 2.05) is 51.6 Å². The summed E-state index contributed by atoms with van der Waals surface area (Å²) in [4.78, 5) is 30.2. The molecule has 4 rings (SSSR count). The number of rotatable bonds is 4. The number of amides is 2. The molecule has 2 fully saturated rings. The van der Waals surface area contributed by atoms with Crippen molar-refractivity contribution in [2.75, 3.05) is 26.7 Å². The highest BCUT2D eigenvalue weighted by Gasteiger charge is 2.51. The van der Waals surface area contributed by atoms with Crippen LogP contribution in [-0.4, -0.2) is 48.4 Å². The third kappa shape index (κ3) is 2.98. The Bertz CT molecular complexity index is 820. The largest absolute Gasteiger partial charge is 0.497 e. The molecular formula is C20H22N2O3S. The topological polar surface area (TPSA) is 49.9 Å². The monoisotopic (exact) mass is 370 g/mol. The molecule has 1 atom stereocenters. The van der Waals surface area contributed by atoms with Gasteiger partial charge in [0.15, 0.2) is 0 Å². The van der Waals surface area contributed by atoms with Gasteiger partial charge in [0, 0.05) is 26.2 Å². The van der Waals surface area contributed by atoms with Gasteiger partial charge in [0.1, 0.15) is 5.75 Å². The lowest BCUT2D eigenvalue weighted by Crippen LogP contribution is -2.38. The summed E-state index contributed by atoms with van der Waals surface area (Å²) in [5, 5.41) is 1.91. The Morgan fingerprint density at radius 2 is 2.08 bits per heavy atom. The van der Waals surface area contributed by atoms with Gasteiger partial charge in [-0.2, -0.15) is 0 Å². The van der Waals surface area contributed by atoms with Gasteiger partial charge < -0.3 is 14.5 Å². The standard InChI is InChI=1S/C20H22N2O3S/c1-25-16-5-2-4-15(12-16)13-21-9-7-20(19(21)24)8-10-22(14-20)18(23)17-6-3-11-26-17/h2-6,11-12H,7-10,13-14H2,1H3/t20-/m0/s1. The molecule has 1 aromatic heterocycles. The zero-order valence-corrected chi connectivity index (χ0v) is 15.6. The zero-order valence-electron chi connectivity index (χ0n) is 14.8. The molecule has 1 aromatic carbocycles. The Hall–Kier alpha value is -2.34. The Kier molecular flexibility index (Phi) is 4.44. The Morgan fingerprint density at radius 3 is 2.85 bits per heavy atom. The van der Waals surface area contributed by atoms with Crippen LogP contribution in [0.5, 0.6) is 5.75 Å². The van der Waals surface area contributed by atoms with E-state index in [0.29, 0.717) is 19.6 Å². The molecule has 6 heteroatoms. The highest BCUT2D eigenvalue weighted by atomic mass is 32.1. The number of nitrogens with zero attached hydrogens (tertiary/aromatic N) is 2. The quantitative estimate of drug-likeness (QED) is 0.831. The Labute approximate surface area is 157 Å². The number of carbonyl (C=O) groups is 2. The van der Waals surface area contributed by atoms with Gasteiger partial charge in [-0.3, -0.25) is 9.59 Å². The van der Waals surface area contributed by atoms with Crippen LogP contribution in [0.25, 0.3) is 0 Å². The van der Waals surface area contributed by atoms with E-state index in [9.17, 15) is 9.59 Å². The molecule has 0 radical (unpaired) electrons. The number of thiophene rings is 1. The number of benzene rings is 1. The van der Waals surface area contributed by atoms with Gasteiger partial charge in [-0.15, -0.1) is 11.3 Å². The Balaban J connectivity index is 1.44. The number of hydrogen-bond acceptors (Lipinski definition) is 4. The molecular weight excluding hydrogens is 348 g/mol. The van der Waals surface area contributed by atoms with Crippen LogP contribution in [-0.2, 0) is 11.3 Å². The van der Waals surface area contributed by atoms with Crippen molar-refractivity contribution in [1.82, 2.24) is 9.80 Å². The van der Waals surface area contributed by atoms with Crippen molar-refractivity contribution in [3.63, 3.8) is 0 Å². The second kappa shape index (κ2) is 6.76. The summed E-state index contributed by atoms with van der Waals surface area (Å²) in [6, 6.07) is 11.6. The molecule has 2 aromatic rings. The fourth-order valence-corrected chi connectivity index (χ4v) is 4.71. The van der Waals surface area contributed by atoms with E-state index in [0.717, 1.165) is 35.6 Å². The van der Waals surface area contributed by atoms with Crippen molar-refractivity contribution in [1.29, 1.82) is 0 Å². The van der Waals surface area contributed by atoms with Crippen LogP contribution in [0.3, 0.4) is 0 Å². The average Bonchev–Trinajstić information content (AvgIpc) is 3.40. The summed E-state index contributed by atoms with van der Waals surface area (Å²) in [5.74, 6) is 1.04. The van der Waals surface area contributed by atoms with E-state index in [1.165, 1.54) is 11.3 Å². The average molecular weight is 370 g/mol. The summed E-state index contributed by atoms with van der Waals surface area (Å²) in [6.45, 7) is 2.54. The molecule has 5 nitrogen and oxygen atoms in total. The predicted octanol–water partition coefficient (Wildman–Crippen LogP) is 3.02. The molecule has 0 bridgehead atoms. The summed E-state index contributed by atoms with van der Waals surface area (Å²) >= 11 is 1.46. The van der Waals surface area contributed by atoms with Crippen LogP contribution in [0.4, 0.5) is 0 Å². The lowest BCUT2D eigenvalue weighted by Gasteiger charge is -2.23. The van der Waals surface area contributed by atoms with E-state index in [-0.39, 0.29) is 11.8 Å². The maximum atomic E-state index is 13.1. The van der Waals surface area contributed by atoms with Crippen molar-refractivity contribution < 1.29 is 14.3 Å². The van der Waals surface area contributed by atoms with E-state index in [2.05, 4.69) is 0 Å². The number of ether oxygens (including phenoxy) is 1. The second-order valence-electron chi connectivity index (χ2n) is 7.06. The first-order valence-corrected chi connectivity index (χ1v) is 9.74. The minimum atomic E-state index is -0.397. The van der Waals surface area contributed by atoms with Gasteiger partial charge in [-0.1, -0.05) is 18.2 Å². The van der Waals surface area contributed by atoms with Crippen LogP contribution in [0, 0.1) is 5.41 Å². The van der Waals surface area contributed by atoms with Gasteiger partial charge in [0.25, 0.3) is 5.91 Å². The van der Waals surface area contributed by atoms with E-state index >= 15 is 0 Å². The molecule has 136 valence electrons. The fourth-order valence-electron chi connectivity index (χ4n) is 4.02. The molecule has 2 amide bonds. The molecule has 0 saturated carbocycles. The molecule has 0 aliphatic carbocycles. The first-order valence-electron chi connectivity index (χ1n) is 8.86. The highest BCUT2D eigenvalue weighted by molar-refractivity contribution is 7.12. The molecule has 2 aliphatic rings. The van der Waals surface area contributed by atoms with Crippen LogP contribution < -0.4 is 4.74 Å². The van der Waals surface area contributed by atoms with Gasteiger partial charge >= 0.3 is 0 Å². The van der Waals surface area contributed by atoms with Crippen molar-refractivity contribution >= 4 is 23.2 Å². The SMILES string of the molecule is COc1cccc(CN2CC[C@@]3(CCN(C(=O)c4cccs4)C3)C2=O)c1. The smallest absolute Gasteiger partial charge is 0.263 e. The van der Waals surface area contributed by atoms with Crippen LogP contribution >= 0.6 is 11.3 Å². The first kappa shape index (κ1) is 17.1. The minimum absolute atomic E-state index is 0.0518. The van der Waals surface area contributed by atoms with Crippen LogP contribution in [0.1, 0.15) is 28.1 Å². The third-order valence-corrected chi connectivity index (χ3v) is 6.34. The number of methoxy groups -OCH3 is 1. The normalized spacial score (nSPS) is 22.4. The molecule has 2 aliphatic heterocycles. The summed E-state index contributed by atoms with van der Waals surface area (Å²) in [7, 11) is 1.65. The number of hydrogen-bond donors (Lipinski definition) is 0. The van der Waals surface area contributed by atoms with Gasteiger partial charge in [-0.25, -0.2) is 0 Å². The predicted molar refractivity (Wildman–Crippen MR) is 100 cm³/mol. The lowest BCUT2D eigenvalue weighted by molar-refractivity contribution is -0.135. The van der Waals surface area contributed by atoms with Gasteiger partial charge in [0.2, 0.25) is 5.91 Å². The molecule has 0 unspecified atom stereocenters. The first-order chi connectivity index (χ1) is 12.6. The maximum absolute atomic E-state index is 13.1. The minimum Gasteiger partial charge on any atom is -0.497 e. The van der Waals surface area contributed by atoms with E-state index in [4.69, 9.17) is 4.74 Å². The number of carbonyl (C=O) groups excluding carboxylic acids is 2. The van der Waals surface area contributed by atoms with Gasteiger partial charge in [-0.05, 0) is 42.0 Å². The van der Waals surface area contributed by atoms with Crippen molar-refractivity contribution in [2.24, 2.45) is 5.41 Å². The molecule has 1 spiro atoms. The highest BCUT2D eigenvalue weighted by Crippen LogP contribution is 2.41. The molecule has 0 N–H and O–H groups in total. The van der Waals surface area contributed by atoms with Crippen LogP contribution in [0.2, 0.25) is 0 Å². The summed E-state index contributed by atoms with van der Waals surface area (Å²) < 4.78 is 5.27. The molecule has 2 saturated heterocycles. The van der Waals surface area contributed by atoms with Crippen molar-refractivity contribution in [3.8, 4) is 5.75 Å². The summed E-state index contributed by atoms with van der Waals surface area (Å²) in [6.07, 6.45) is 1.58. The maximum Gasteiger partial charge on any atom is 0.263 e. The fraction of sp³-hybridized carbons (Fsp3) is 0.400. The summed E-state index contributed by atoms with van der Waals surface area (Å²) in [5.41, 5.74) is 0.672. The molecule has 26 heavy (non-hydrogen) atoms. The van der Waals surface area contributed by atoms with E-state index < -0.39 is 5.41 Å².